The van der Waals surface area contributed by atoms with Crippen molar-refractivity contribution in [2.45, 2.75) is 25.0 Å². The van der Waals surface area contributed by atoms with Crippen LogP contribution in [-0.2, 0) is 9.59 Å². The first-order valence-electron chi connectivity index (χ1n) is 4.97. The van der Waals surface area contributed by atoms with E-state index in [2.05, 4.69) is 17.0 Å². The first-order valence-corrected chi connectivity index (χ1v) is 5.85. The first kappa shape index (κ1) is 12.7. The summed E-state index contributed by atoms with van der Waals surface area (Å²) in [7, 11) is 0. The molecule has 1 unspecified atom stereocenters. The predicted octanol–water partition coefficient (Wildman–Crippen LogP) is 1.64. The summed E-state index contributed by atoms with van der Waals surface area (Å²) < 4.78 is 0. The molecule has 0 radical (unpaired) electrons. The largest absolute Gasteiger partial charge is 0.295 e. The molecule has 1 N–H and O–H groups in total. The van der Waals surface area contributed by atoms with Gasteiger partial charge in [-0.3, -0.25) is 19.9 Å². The Bertz CT molecular complexity index is 361. The van der Waals surface area contributed by atoms with Crippen LogP contribution in [0.4, 0.5) is 0 Å². The van der Waals surface area contributed by atoms with Crippen LogP contribution in [0.15, 0.2) is 28.2 Å². The highest BCUT2D eigenvalue weighted by Crippen LogP contribution is 2.27. The van der Waals surface area contributed by atoms with Gasteiger partial charge < -0.3 is 0 Å². The zero-order valence-corrected chi connectivity index (χ0v) is 9.92. The zero-order chi connectivity index (χ0) is 12.0. The van der Waals surface area contributed by atoms with Gasteiger partial charge in [0.15, 0.2) is 0 Å². The Balaban J connectivity index is 2.62. The Labute approximate surface area is 98.9 Å². The molecule has 1 heterocycles. The first-order chi connectivity index (χ1) is 7.67. The van der Waals surface area contributed by atoms with Crippen LogP contribution >= 0.6 is 11.8 Å². The number of nitrogens with zero attached hydrogens (tertiary/aromatic N) is 1. The summed E-state index contributed by atoms with van der Waals surface area (Å²) >= 11 is 1.33. The fourth-order valence-electron chi connectivity index (χ4n) is 1.24. The molecule has 16 heavy (non-hydrogen) atoms. The van der Waals surface area contributed by atoms with Gasteiger partial charge in [0.1, 0.15) is 0 Å². The quantitative estimate of drug-likeness (QED) is 0.460. The zero-order valence-electron chi connectivity index (χ0n) is 9.10. The number of nitrogens with one attached hydrogen (secondary N) is 1. The molecule has 0 aliphatic carbocycles. The summed E-state index contributed by atoms with van der Waals surface area (Å²) in [6, 6.07) is 0. The Hall–Kier alpha value is -1.36. The third kappa shape index (κ3) is 3.66. The van der Waals surface area contributed by atoms with Crippen LogP contribution < -0.4 is 5.32 Å². The number of amides is 2. The molecular weight excluding hydrogens is 224 g/mol. The second kappa shape index (κ2) is 6.27. The van der Waals surface area contributed by atoms with Crippen molar-refractivity contribution in [3.05, 3.63) is 23.3 Å². The highest BCUT2D eigenvalue weighted by molar-refractivity contribution is 8.04. The standard InChI is InChI=1S/C11H14N2O2S/c1-3-4-5-10(12-2)16-8-6-7-9(14)13-11(8)15/h3-5,8H,2,6-7H2,1H3,(H,13,14,15)/b4-3-,10-5+. The van der Waals surface area contributed by atoms with Crippen LogP contribution in [0.2, 0.25) is 0 Å². The van der Waals surface area contributed by atoms with Crippen molar-refractivity contribution < 1.29 is 9.59 Å². The number of aliphatic imine (C=N–C) groups is 1. The van der Waals surface area contributed by atoms with Gasteiger partial charge in [-0.2, -0.15) is 0 Å². The second-order valence-electron chi connectivity index (χ2n) is 3.25. The number of allylic oxidation sites excluding steroid dienone is 3. The second-order valence-corrected chi connectivity index (χ2v) is 4.47. The molecule has 0 saturated carbocycles. The van der Waals surface area contributed by atoms with E-state index in [0.717, 1.165) is 0 Å². The fraction of sp³-hybridized carbons (Fsp3) is 0.364. The van der Waals surface area contributed by atoms with Crippen LogP contribution in [0.5, 0.6) is 0 Å². The monoisotopic (exact) mass is 238 g/mol. The van der Waals surface area contributed by atoms with Crippen molar-refractivity contribution in [2.75, 3.05) is 0 Å². The molecule has 1 saturated heterocycles. The Morgan fingerprint density at radius 1 is 1.62 bits per heavy atom. The minimum absolute atomic E-state index is 0.201. The lowest BCUT2D eigenvalue weighted by atomic mass is 10.1. The number of thioether (sulfide) groups is 1. The lowest BCUT2D eigenvalue weighted by Crippen LogP contribution is -2.42. The van der Waals surface area contributed by atoms with Crippen LogP contribution in [-0.4, -0.2) is 23.8 Å². The maximum absolute atomic E-state index is 11.5. The van der Waals surface area contributed by atoms with Gasteiger partial charge in [-0.15, -0.1) is 0 Å². The normalized spacial score (nSPS) is 22.3. The smallest absolute Gasteiger partial charge is 0.240 e. The summed E-state index contributed by atoms with van der Waals surface area (Å²) in [5, 5.41) is 2.75. The van der Waals surface area contributed by atoms with Gasteiger partial charge >= 0.3 is 0 Å². The molecular formula is C11H14N2O2S. The van der Waals surface area contributed by atoms with Crippen molar-refractivity contribution in [1.82, 2.24) is 5.32 Å². The van der Waals surface area contributed by atoms with E-state index in [1.807, 2.05) is 19.1 Å². The van der Waals surface area contributed by atoms with E-state index in [0.29, 0.717) is 17.9 Å². The molecule has 86 valence electrons. The fourth-order valence-corrected chi connectivity index (χ4v) is 2.16. The highest BCUT2D eigenvalue weighted by Gasteiger charge is 2.27. The molecule has 0 aromatic rings. The van der Waals surface area contributed by atoms with E-state index in [-0.39, 0.29) is 17.1 Å². The summed E-state index contributed by atoms with van der Waals surface area (Å²) in [6.45, 7) is 5.34. The van der Waals surface area contributed by atoms with Crippen LogP contribution in [0.25, 0.3) is 0 Å². The molecule has 0 aromatic heterocycles. The van der Waals surface area contributed by atoms with Gasteiger partial charge in [-0.05, 0) is 26.1 Å². The van der Waals surface area contributed by atoms with Crippen LogP contribution in [0.3, 0.4) is 0 Å². The van der Waals surface area contributed by atoms with Crippen molar-refractivity contribution >= 4 is 30.3 Å². The minimum Gasteiger partial charge on any atom is -0.295 e. The maximum atomic E-state index is 11.5. The summed E-state index contributed by atoms with van der Waals surface area (Å²) in [5.41, 5.74) is 0. The minimum atomic E-state index is -0.250. The van der Waals surface area contributed by atoms with E-state index >= 15 is 0 Å². The summed E-state index contributed by atoms with van der Waals surface area (Å²) in [6.07, 6.45) is 6.44. The van der Waals surface area contributed by atoms with E-state index < -0.39 is 0 Å². The summed E-state index contributed by atoms with van der Waals surface area (Å²) in [5.74, 6) is -0.441. The summed E-state index contributed by atoms with van der Waals surface area (Å²) in [4.78, 5) is 26.2. The molecule has 1 aliphatic rings. The number of piperidine rings is 1. The van der Waals surface area contributed by atoms with Crippen molar-refractivity contribution in [3.63, 3.8) is 0 Å². The molecule has 4 nitrogen and oxygen atoms in total. The number of imide groups is 1. The van der Waals surface area contributed by atoms with E-state index in [1.165, 1.54) is 11.8 Å². The van der Waals surface area contributed by atoms with Crippen molar-refractivity contribution in [2.24, 2.45) is 4.99 Å². The van der Waals surface area contributed by atoms with Crippen LogP contribution in [0, 0.1) is 0 Å². The van der Waals surface area contributed by atoms with Gasteiger partial charge in [0.05, 0.1) is 10.3 Å². The Morgan fingerprint density at radius 2 is 2.38 bits per heavy atom. The van der Waals surface area contributed by atoms with Gasteiger partial charge in [0.25, 0.3) is 0 Å². The Kier molecular flexibility index (Phi) is 4.98. The average molecular weight is 238 g/mol. The van der Waals surface area contributed by atoms with Gasteiger partial charge in [0.2, 0.25) is 11.8 Å². The van der Waals surface area contributed by atoms with Crippen molar-refractivity contribution in [3.8, 4) is 0 Å². The molecule has 1 aliphatic heterocycles. The molecule has 0 bridgehead atoms. The van der Waals surface area contributed by atoms with Gasteiger partial charge in [-0.1, -0.05) is 23.9 Å². The number of hydrogen-bond donors (Lipinski definition) is 1. The Morgan fingerprint density at radius 3 is 2.94 bits per heavy atom. The molecule has 1 atom stereocenters. The molecule has 5 heteroatoms. The molecule has 0 spiro atoms. The number of hydrogen-bond acceptors (Lipinski definition) is 4. The third-order valence-electron chi connectivity index (χ3n) is 2.04. The SMILES string of the molecule is C=N/C(=C\C=C/C)SC1CCC(=O)NC1=O. The third-order valence-corrected chi connectivity index (χ3v) is 3.28. The van der Waals surface area contributed by atoms with Gasteiger partial charge in [0, 0.05) is 6.42 Å². The number of carbonyl (C=O) groups is 2. The van der Waals surface area contributed by atoms with E-state index in [4.69, 9.17) is 0 Å². The van der Waals surface area contributed by atoms with Gasteiger partial charge in [-0.25, -0.2) is 0 Å². The lowest BCUT2D eigenvalue weighted by molar-refractivity contribution is -0.132. The molecule has 1 rings (SSSR count). The predicted molar refractivity (Wildman–Crippen MR) is 66.2 cm³/mol. The lowest BCUT2D eigenvalue weighted by Gasteiger charge is -2.19. The number of rotatable bonds is 4. The highest BCUT2D eigenvalue weighted by atomic mass is 32.2. The van der Waals surface area contributed by atoms with Crippen LogP contribution in [0.1, 0.15) is 19.8 Å². The molecule has 1 fully saturated rings. The topological polar surface area (TPSA) is 58.5 Å². The average Bonchev–Trinajstić information content (AvgIpc) is 2.27. The van der Waals surface area contributed by atoms with E-state index in [1.54, 1.807) is 6.08 Å². The number of carbonyl (C=O) groups excluding carboxylic acids is 2. The molecule has 2 amide bonds. The maximum Gasteiger partial charge on any atom is 0.240 e. The van der Waals surface area contributed by atoms with Crippen molar-refractivity contribution in [1.29, 1.82) is 0 Å². The van der Waals surface area contributed by atoms with E-state index in [9.17, 15) is 9.59 Å². The molecule has 0 aromatic carbocycles.